The van der Waals surface area contributed by atoms with E-state index in [0.717, 1.165) is 6.07 Å². The summed E-state index contributed by atoms with van der Waals surface area (Å²) >= 11 is 0. The summed E-state index contributed by atoms with van der Waals surface area (Å²) < 4.78 is 50.0. The molecule has 0 aliphatic heterocycles. The predicted octanol–water partition coefficient (Wildman–Crippen LogP) is 2.83. The van der Waals surface area contributed by atoms with Crippen LogP contribution in [0.2, 0.25) is 0 Å². The highest BCUT2D eigenvalue weighted by Gasteiger charge is 2.32. The molecule has 1 aromatic heterocycles. The largest absolute Gasteiger partial charge is 0.573 e. The van der Waals surface area contributed by atoms with Crippen molar-refractivity contribution < 1.29 is 32.0 Å². The molecule has 0 fully saturated rings. The molecule has 1 amide bonds. The van der Waals surface area contributed by atoms with E-state index in [-0.39, 0.29) is 17.3 Å². The van der Waals surface area contributed by atoms with Gasteiger partial charge in [-0.25, -0.2) is 0 Å². The van der Waals surface area contributed by atoms with Crippen LogP contribution in [0.15, 0.2) is 34.9 Å². The SMILES string of the molecule is COc1cc(C(=O)Nc2ccccc2OC(F)(F)F)on1. The van der Waals surface area contributed by atoms with Crippen LogP contribution in [0.4, 0.5) is 18.9 Å². The minimum absolute atomic E-state index is 0.0694. The average Bonchev–Trinajstić information content (AvgIpc) is 2.88. The van der Waals surface area contributed by atoms with E-state index in [1.807, 2.05) is 0 Å². The summed E-state index contributed by atoms with van der Waals surface area (Å²) in [6.07, 6.45) is -4.86. The Morgan fingerprint density at radius 1 is 1.33 bits per heavy atom. The second kappa shape index (κ2) is 5.73. The summed E-state index contributed by atoms with van der Waals surface area (Å²) in [7, 11) is 1.33. The molecule has 9 heteroatoms. The van der Waals surface area contributed by atoms with Gasteiger partial charge in [0.1, 0.15) is 0 Å². The lowest BCUT2D eigenvalue weighted by Gasteiger charge is -2.13. The van der Waals surface area contributed by atoms with Gasteiger partial charge in [0.25, 0.3) is 11.8 Å². The van der Waals surface area contributed by atoms with Crippen molar-refractivity contribution in [2.45, 2.75) is 6.36 Å². The number of aromatic nitrogens is 1. The number of ether oxygens (including phenoxy) is 2. The Labute approximate surface area is 116 Å². The molecule has 0 saturated carbocycles. The first-order chi connectivity index (χ1) is 9.89. The Bertz CT molecular complexity index is 639. The molecule has 0 saturated heterocycles. The van der Waals surface area contributed by atoms with Gasteiger partial charge in [-0.2, -0.15) is 0 Å². The molecule has 6 nitrogen and oxygen atoms in total. The number of nitrogens with one attached hydrogen (secondary N) is 1. The smallest absolute Gasteiger partial charge is 0.479 e. The van der Waals surface area contributed by atoms with Crippen molar-refractivity contribution in [1.29, 1.82) is 0 Å². The number of alkyl halides is 3. The molecule has 21 heavy (non-hydrogen) atoms. The van der Waals surface area contributed by atoms with Crippen LogP contribution in [0.5, 0.6) is 11.6 Å². The Hall–Kier alpha value is -2.71. The number of nitrogens with zero attached hydrogens (tertiary/aromatic N) is 1. The first-order valence-electron chi connectivity index (χ1n) is 5.56. The lowest BCUT2D eigenvalue weighted by molar-refractivity contribution is -0.274. The summed E-state index contributed by atoms with van der Waals surface area (Å²) in [6, 6.07) is 6.31. The number of methoxy groups -OCH3 is 1. The number of halogens is 3. The third-order valence-electron chi connectivity index (χ3n) is 2.28. The fourth-order valence-corrected chi connectivity index (χ4v) is 1.43. The summed E-state index contributed by atoms with van der Waals surface area (Å²) in [5, 5.41) is 5.64. The van der Waals surface area contributed by atoms with E-state index >= 15 is 0 Å². The van der Waals surface area contributed by atoms with Crippen molar-refractivity contribution >= 4 is 11.6 Å². The van der Waals surface area contributed by atoms with E-state index in [2.05, 4.69) is 19.7 Å². The van der Waals surface area contributed by atoms with E-state index in [1.165, 1.54) is 31.4 Å². The first kappa shape index (κ1) is 14.7. The maximum absolute atomic E-state index is 12.3. The Morgan fingerprint density at radius 3 is 2.67 bits per heavy atom. The van der Waals surface area contributed by atoms with E-state index in [1.54, 1.807) is 0 Å². The maximum atomic E-state index is 12.3. The molecule has 0 spiro atoms. The molecule has 0 unspecified atom stereocenters. The molecule has 0 bridgehead atoms. The van der Waals surface area contributed by atoms with Crippen molar-refractivity contribution in [3.8, 4) is 11.6 Å². The van der Waals surface area contributed by atoms with Crippen molar-refractivity contribution in [2.24, 2.45) is 0 Å². The van der Waals surface area contributed by atoms with Gasteiger partial charge in [-0.1, -0.05) is 12.1 Å². The zero-order valence-electron chi connectivity index (χ0n) is 10.6. The van der Waals surface area contributed by atoms with Crippen LogP contribution in [-0.4, -0.2) is 24.5 Å². The first-order valence-corrected chi connectivity index (χ1v) is 5.56. The predicted molar refractivity (Wildman–Crippen MR) is 64.1 cm³/mol. The monoisotopic (exact) mass is 302 g/mol. The highest BCUT2D eigenvalue weighted by molar-refractivity contribution is 6.03. The maximum Gasteiger partial charge on any atom is 0.573 e. The fraction of sp³-hybridized carbons (Fsp3) is 0.167. The van der Waals surface area contributed by atoms with Crippen LogP contribution < -0.4 is 14.8 Å². The number of carbonyl (C=O) groups excluding carboxylic acids is 1. The third-order valence-corrected chi connectivity index (χ3v) is 2.28. The van der Waals surface area contributed by atoms with Crippen molar-refractivity contribution in [3.63, 3.8) is 0 Å². The number of anilines is 1. The van der Waals surface area contributed by atoms with Crippen LogP contribution in [-0.2, 0) is 0 Å². The summed E-state index contributed by atoms with van der Waals surface area (Å²) in [5.41, 5.74) is -0.157. The summed E-state index contributed by atoms with van der Waals surface area (Å²) in [5.74, 6) is -1.47. The van der Waals surface area contributed by atoms with Gasteiger partial charge < -0.3 is 19.3 Å². The molecule has 1 N–H and O–H groups in total. The zero-order valence-corrected chi connectivity index (χ0v) is 10.6. The number of hydrogen-bond donors (Lipinski definition) is 1. The standard InChI is InChI=1S/C12H9F3N2O4/c1-19-10-6-9(21-17-10)11(18)16-7-4-2-3-5-8(7)20-12(13,14)15/h2-6H,1H3,(H,16,18). The molecular formula is C12H9F3N2O4. The number of rotatable bonds is 4. The third kappa shape index (κ3) is 3.88. The molecule has 0 atom stereocenters. The molecule has 1 aromatic carbocycles. The second-order valence-electron chi connectivity index (χ2n) is 3.73. The molecular weight excluding hydrogens is 293 g/mol. The summed E-state index contributed by atoms with van der Waals surface area (Å²) in [6.45, 7) is 0. The molecule has 0 aliphatic carbocycles. The van der Waals surface area contributed by atoms with Crippen LogP contribution in [0.25, 0.3) is 0 Å². The van der Waals surface area contributed by atoms with Crippen molar-refractivity contribution in [2.75, 3.05) is 12.4 Å². The summed E-state index contributed by atoms with van der Waals surface area (Å²) in [4.78, 5) is 11.8. The van der Waals surface area contributed by atoms with Crippen LogP contribution in [0.1, 0.15) is 10.6 Å². The quantitative estimate of drug-likeness (QED) is 0.940. The number of hydrogen-bond acceptors (Lipinski definition) is 5. The number of para-hydroxylation sites is 2. The topological polar surface area (TPSA) is 73.6 Å². The van der Waals surface area contributed by atoms with Gasteiger partial charge in [-0.3, -0.25) is 4.79 Å². The normalized spacial score (nSPS) is 11.0. The van der Waals surface area contributed by atoms with Crippen LogP contribution in [0.3, 0.4) is 0 Å². The van der Waals surface area contributed by atoms with Crippen LogP contribution in [0, 0.1) is 0 Å². The number of benzene rings is 1. The lowest BCUT2D eigenvalue weighted by Crippen LogP contribution is -2.19. The average molecular weight is 302 g/mol. The molecule has 0 radical (unpaired) electrons. The van der Waals surface area contributed by atoms with Gasteiger partial charge in [-0.05, 0) is 17.3 Å². The van der Waals surface area contributed by atoms with Gasteiger partial charge in [0.2, 0.25) is 5.76 Å². The van der Waals surface area contributed by atoms with E-state index in [4.69, 9.17) is 4.74 Å². The van der Waals surface area contributed by atoms with Crippen molar-refractivity contribution in [3.05, 3.63) is 36.1 Å². The highest BCUT2D eigenvalue weighted by Crippen LogP contribution is 2.30. The molecule has 1 heterocycles. The molecule has 2 aromatic rings. The van der Waals surface area contributed by atoms with E-state index in [9.17, 15) is 18.0 Å². The van der Waals surface area contributed by atoms with Crippen molar-refractivity contribution in [1.82, 2.24) is 5.16 Å². The minimum atomic E-state index is -4.86. The van der Waals surface area contributed by atoms with Crippen LogP contribution >= 0.6 is 0 Å². The molecule has 2 rings (SSSR count). The van der Waals surface area contributed by atoms with Gasteiger partial charge in [0, 0.05) is 0 Å². The van der Waals surface area contributed by atoms with Gasteiger partial charge in [-0.15, -0.1) is 13.2 Å². The lowest BCUT2D eigenvalue weighted by atomic mass is 10.3. The molecule has 112 valence electrons. The Kier molecular flexibility index (Phi) is 4.01. The highest BCUT2D eigenvalue weighted by atomic mass is 19.4. The van der Waals surface area contributed by atoms with Gasteiger partial charge in [0.05, 0.1) is 18.9 Å². The Morgan fingerprint density at radius 2 is 2.05 bits per heavy atom. The Balaban J connectivity index is 2.17. The zero-order chi connectivity index (χ0) is 15.5. The van der Waals surface area contributed by atoms with E-state index < -0.39 is 18.0 Å². The van der Waals surface area contributed by atoms with Gasteiger partial charge >= 0.3 is 6.36 Å². The van der Waals surface area contributed by atoms with E-state index in [0.29, 0.717) is 0 Å². The van der Waals surface area contributed by atoms with Gasteiger partial charge in [0.15, 0.2) is 5.75 Å². The minimum Gasteiger partial charge on any atom is -0.479 e. The fourth-order valence-electron chi connectivity index (χ4n) is 1.43. The number of carbonyl (C=O) groups is 1. The molecule has 0 aliphatic rings. The number of amides is 1. The second-order valence-corrected chi connectivity index (χ2v) is 3.73.